The number of rotatable bonds is 8. The third-order valence-electron chi connectivity index (χ3n) is 5.69. The summed E-state index contributed by atoms with van der Waals surface area (Å²) in [6.07, 6.45) is 5.04. The Morgan fingerprint density at radius 1 is 1.22 bits per heavy atom. The summed E-state index contributed by atoms with van der Waals surface area (Å²) in [5.41, 5.74) is 1.71. The maximum Gasteiger partial charge on any atom is 0.254 e. The minimum atomic E-state index is -0.825. The second kappa shape index (κ2) is 10.1. The molecule has 1 aliphatic rings. The number of anilines is 1. The zero-order valence-corrected chi connectivity index (χ0v) is 20.4. The highest BCUT2D eigenvalue weighted by Crippen LogP contribution is 2.32. The fourth-order valence-electron chi connectivity index (χ4n) is 3.69. The van der Waals surface area contributed by atoms with Crippen molar-refractivity contribution < 1.29 is 23.1 Å². The molecule has 2 amide bonds. The van der Waals surface area contributed by atoms with Crippen LogP contribution >= 0.6 is 11.6 Å². The molecule has 190 valence electrons. The first-order valence-electron chi connectivity index (χ1n) is 11.5. The number of aromatic nitrogens is 4. The van der Waals surface area contributed by atoms with Crippen molar-refractivity contribution in [2.75, 3.05) is 11.9 Å². The highest BCUT2D eigenvalue weighted by atomic mass is 35.5. The maximum absolute atomic E-state index is 14.4. The van der Waals surface area contributed by atoms with Crippen LogP contribution in [0, 0.1) is 17.6 Å². The Kier molecular flexibility index (Phi) is 6.70. The first-order valence-corrected chi connectivity index (χ1v) is 11.8. The van der Waals surface area contributed by atoms with Crippen molar-refractivity contribution >= 4 is 34.9 Å². The second-order valence-electron chi connectivity index (χ2n) is 8.70. The average molecular weight is 527 g/mol. The summed E-state index contributed by atoms with van der Waals surface area (Å²) in [4.78, 5) is 32.6. The molecule has 0 bridgehead atoms. The summed E-state index contributed by atoms with van der Waals surface area (Å²) >= 11 is 6.19. The van der Waals surface area contributed by atoms with Crippen molar-refractivity contribution in [2.45, 2.75) is 26.3 Å². The van der Waals surface area contributed by atoms with Gasteiger partial charge in [0.2, 0.25) is 5.91 Å². The number of halogens is 3. The Morgan fingerprint density at radius 3 is 2.78 bits per heavy atom. The minimum Gasteiger partial charge on any atom is -0.490 e. The molecule has 0 saturated heterocycles. The van der Waals surface area contributed by atoms with E-state index in [1.165, 1.54) is 23.7 Å². The number of nitrogens with zero attached hydrogens (tertiary/aromatic N) is 4. The summed E-state index contributed by atoms with van der Waals surface area (Å²) in [5, 5.41) is 9.63. The smallest absolute Gasteiger partial charge is 0.254 e. The predicted molar refractivity (Wildman–Crippen MR) is 131 cm³/mol. The minimum absolute atomic E-state index is 0.0477. The molecular formula is C25H21ClF2N6O3. The van der Waals surface area contributed by atoms with Crippen molar-refractivity contribution in [2.24, 2.45) is 5.92 Å². The highest BCUT2D eigenvalue weighted by molar-refractivity contribution is 6.32. The van der Waals surface area contributed by atoms with Crippen molar-refractivity contribution in [3.63, 3.8) is 0 Å². The monoisotopic (exact) mass is 526 g/mol. The summed E-state index contributed by atoms with van der Waals surface area (Å²) in [5.74, 6) is -1.81. The van der Waals surface area contributed by atoms with Gasteiger partial charge in [0.15, 0.2) is 23.0 Å². The molecule has 3 heterocycles. The van der Waals surface area contributed by atoms with Crippen LogP contribution in [0.15, 0.2) is 42.7 Å². The number of pyridine rings is 1. The van der Waals surface area contributed by atoms with Gasteiger partial charge >= 0.3 is 0 Å². The van der Waals surface area contributed by atoms with E-state index in [0.717, 1.165) is 25.0 Å². The molecule has 0 unspecified atom stereocenters. The van der Waals surface area contributed by atoms with Gasteiger partial charge in [0.05, 0.1) is 24.1 Å². The third kappa shape index (κ3) is 5.67. The normalized spacial score (nSPS) is 13.0. The zero-order valence-electron chi connectivity index (χ0n) is 19.6. The lowest BCUT2D eigenvalue weighted by Gasteiger charge is -2.14. The van der Waals surface area contributed by atoms with E-state index in [-0.39, 0.29) is 34.5 Å². The molecule has 4 aromatic rings. The molecule has 2 N–H and O–H groups in total. The number of hydrogen-bond donors (Lipinski definition) is 2. The topological polar surface area (TPSA) is 111 Å². The molecule has 1 fully saturated rings. The van der Waals surface area contributed by atoms with Crippen LogP contribution in [-0.4, -0.2) is 38.0 Å². The summed E-state index contributed by atoms with van der Waals surface area (Å²) in [6, 6.07) is 6.78. The van der Waals surface area contributed by atoms with Crippen LogP contribution < -0.4 is 15.4 Å². The standard InChI is InChI=1S/C25H21ClF2N6O3/c1-13(35)31-21-11-34-22(32-21)5-4-20(33-34)15-7-18(24(26)29-9-15)25(36)30-10-16-6-17(27)8-19(28)23(16)37-12-14-2-3-14/h4-9,11,14H,2-3,10,12H2,1H3,(H,30,36)(H,31,35). The summed E-state index contributed by atoms with van der Waals surface area (Å²) in [6.45, 7) is 1.53. The van der Waals surface area contributed by atoms with E-state index in [9.17, 15) is 18.4 Å². The van der Waals surface area contributed by atoms with Crippen LogP contribution in [0.25, 0.3) is 16.9 Å². The van der Waals surface area contributed by atoms with Crippen LogP contribution in [0.4, 0.5) is 14.6 Å². The first-order chi connectivity index (χ1) is 17.8. The number of imidazole rings is 1. The van der Waals surface area contributed by atoms with Crippen molar-refractivity contribution in [3.8, 4) is 17.0 Å². The van der Waals surface area contributed by atoms with Gasteiger partial charge in [-0.3, -0.25) is 9.59 Å². The third-order valence-corrected chi connectivity index (χ3v) is 5.99. The number of fused-ring (bicyclic) bond motifs is 1. The van der Waals surface area contributed by atoms with E-state index in [1.54, 1.807) is 18.3 Å². The van der Waals surface area contributed by atoms with Crippen LogP contribution in [0.2, 0.25) is 5.15 Å². The summed E-state index contributed by atoms with van der Waals surface area (Å²) < 4.78 is 35.3. The molecule has 0 radical (unpaired) electrons. The lowest BCUT2D eigenvalue weighted by molar-refractivity contribution is -0.114. The fraction of sp³-hybridized carbons (Fsp3) is 0.240. The number of amides is 2. The Hall–Kier alpha value is -4.12. The van der Waals surface area contributed by atoms with Gasteiger partial charge < -0.3 is 15.4 Å². The number of nitrogens with one attached hydrogen (secondary N) is 2. The van der Waals surface area contributed by atoms with E-state index in [0.29, 0.717) is 35.2 Å². The quantitative estimate of drug-likeness (QED) is 0.329. The van der Waals surface area contributed by atoms with E-state index in [1.807, 2.05) is 0 Å². The lowest BCUT2D eigenvalue weighted by atomic mass is 10.1. The highest BCUT2D eigenvalue weighted by Gasteiger charge is 2.24. The van der Waals surface area contributed by atoms with Gasteiger partial charge in [0, 0.05) is 36.9 Å². The van der Waals surface area contributed by atoms with Gasteiger partial charge in [0.25, 0.3) is 5.91 Å². The largest absolute Gasteiger partial charge is 0.490 e. The Morgan fingerprint density at radius 2 is 2.03 bits per heavy atom. The van der Waals surface area contributed by atoms with Gasteiger partial charge in [-0.2, -0.15) is 5.10 Å². The molecule has 9 nitrogen and oxygen atoms in total. The molecule has 3 aromatic heterocycles. The maximum atomic E-state index is 14.4. The SMILES string of the molecule is CC(=O)Nc1cn2nc(-c3cnc(Cl)c(C(=O)NCc4cc(F)cc(F)c4OCC4CC4)c3)ccc2n1. The Bertz CT molecular complexity index is 1520. The molecule has 0 aliphatic heterocycles. The van der Waals surface area contributed by atoms with Crippen molar-refractivity contribution in [3.05, 3.63) is 70.6 Å². The lowest BCUT2D eigenvalue weighted by Crippen LogP contribution is -2.24. The van der Waals surface area contributed by atoms with E-state index >= 15 is 0 Å². The van der Waals surface area contributed by atoms with Gasteiger partial charge in [-0.1, -0.05) is 11.6 Å². The van der Waals surface area contributed by atoms with Gasteiger partial charge in [-0.15, -0.1) is 0 Å². The molecule has 1 aliphatic carbocycles. The van der Waals surface area contributed by atoms with Gasteiger partial charge in [-0.05, 0) is 43.0 Å². The Balaban J connectivity index is 1.35. The van der Waals surface area contributed by atoms with E-state index < -0.39 is 17.5 Å². The molecule has 0 atom stereocenters. The van der Waals surface area contributed by atoms with Crippen LogP contribution in [0.3, 0.4) is 0 Å². The van der Waals surface area contributed by atoms with E-state index in [4.69, 9.17) is 16.3 Å². The van der Waals surface area contributed by atoms with Gasteiger partial charge in [-0.25, -0.2) is 23.3 Å². The molecule has 37 heavy (non-hydrogen) atoms. The van der Waals surface area contributed by atoms with Crippen LogP contribution in [0.5, 0.6) is 5.75 Å². The van der Waals surface area contributed by atoms with E-state index in [2.05, 4.69) is 25.7 Å². The molecule has 12 heteroatoms. The average Bonchev–Trinajstić information content (AvgIpc) is 3.59. The zero-order chi connectivity index (χ0) is 26.1. The first kappa shape index (κ1) is 24.6. The van der Waals surface area contributed by atoms with Crippen molar-refractivity contribution in [1.29, 1.82) is 0 Å². The number of carbonyl (C=O) groups excluding carboxylic acids is 2. The number of benzene rings is 1. The molecular weight excluding hydrogens is 506 g/mol. The summed E-state index contributed by atoms with van der Waals surface area (Å²) in [7, 11) is 0. The molecule has 1 saturated carbocycles. The Labute approximate surface area is 214 Å². The molecule has 0 spiro atoms. The van der Waals surface area contributed by atoms with Gasteiger partial charge in [0.1, 0.15) is 11.0 Å². The molecule has 5 rings (SSSR count). The number of carbonyl (C=O) groups is 2. The van der Waals surface area contributed by atoms with Crippen LogP contribution in [-0.2, 0) is 11.3 Å². The van der Waals surface area contributed by atoms with Crippen molar-refractivity contribution in [1.82, 2.24) is 24.9 Å². The number of hydrogen-bond acceptors (Lipinski definition) is 6. The number of ether oxygens (including phenoxy) is 1. The fourth-order valence-corrected chi connectivity index (χ4v) is 3.88. The predicted octanol–water partition coefficient (Wildman–Crippen LogP) is 4.40. The second-order valence-corrected chi connectivity index (χ2v) is 9.06. The molecule has 1 aromatic carbocycles. The van der Waals surface area contributed by atoms with Crippen LogP contribution in [0.1, 0.15) is 35.7 Å².